The summed E-state index contributed by atoms with van der Waals surface area (Å²) in [7, 11) is 0. The second-order valence-electron chi connectivity index (χ2n) is 5.49. The Balaban J connectivity index is 1.74. The van der Waals surface area contributed by atoms with Crippen LogP contribution in [0.4, 0.5) is 0 Å². The van der Waals surface area contributed by atoms with Gasteiger partial charge in [-0.25, -0.2) is 4.98 Å². The maximum absolute atomic E-state index is 12.4. The highest BCUT2D eigenvalue weighted by Crippen LogP contribution is 2.36. The van der Waals surface area contributed by atoms with E-state index in [4.69, 9.17) is 4.42 Å². The number of hydrogen-bond acceptors (Lipinski definition) is 3. The van der Waals surface area contributed by atoms with E-state index in [-0.39, 0.29) is 5.91 Å². The first-order valence-corrected chi connectivity index (χ1v) is 7.01. The van der Waals surface area contributed by atoms with Crippen molar-refractivity contribution in [1.29, 1.82) is 0 Å². The molecule has 1 aliphatic heterocycles. The molecule has 4 heteroatoms. The third-order valence-electron chi connectivity index (χ3n) is 4.43. The molecule has 1 aliphatic carbocycles. The quantitative estimate of drug-likeness (QED) is 0.807. The van der Waals surface area contributed by atoms with E-state index in [1.54, 1.807) is 0 Å². The molecule has 2 aliphatic rings. The molecule has 1 aromatic heterocycles. The van der Waals surface area contributed by atoms with E-state index in [0.29, 0.717) is 5.69 Å². The number of aromatic nitrogens is 1. The van der Waals surface area contributed by atoms with Gasteiger partial charge in [0, 0.05) is 19.5 Å². The number of oxazole rings is 1. The zero-order valence-electron chi connectivity index (χ0n) is 10.9. The number of nitrogens with zero attached hydrogens (tertiary/aromatic N) is 2. The number of amides is 1. The van der Waals surface area contributed by atoms with Crippen molar-refractivity contribution in [3.8, 4) is 0 Å². The number of likely N-dealkylation sites (tertiary alicyclic amines) is 1. The number of rotatable bonds is 2. The van der Waals surface area contributed by atoms with Gasteiger partial charge in [0.05, 0.1) is 0 Å². The standard InChI is InChI=1S/C14H20N2O2/c1-2-12-13(15-9-18-12)14(17)16-7-10-5-3-4-6-11(10)8-16/h9-11H,2-8H2,1H3/t10-,11-/m1/s1. The third-order valence-corrected chi connectivity index (χ3v) is 4.43. The minimum Gasteiger partial charge on any atom is -0.448 e. The number of fused-ring (bicyclic) bond motifs is 1. The molecule has 18 heavy (non-hydrogen) atoms. The zero-order chi connectivity index (χ0) is 12.5. The highest BCUT2D eigenvalue weighted by Gasteiger charge is 2.37. The summed E-state index contributed by atoms with van der Waals surface area (Å²) in [5.41, 5.74) is 0.524. The van der Waals surface area contributed by atoms with E-state index in [1.807, 2.05) is 11.8 Å². The van der Waals surface area contributed by atoms with Gasteiger partial charge in [0.2, 0.25) is 0 Å². The van der Waals surface area contributed by atoms with Crippen molar-refractivity contribution in [3.63, 3.8) is 0 Å². The minimum absolute atomic E-state index is 0.0648. The molecule has 0 unspecified atom stereocenters. The lowest BCUT2D eigenvalue weighted by Crippen LogP contribution is -2.30. The van der Waals surface area contributed by atoms with Crippen molar-refractivity contribution in [2.24, 2.45) is 11.8 Å². The average Bonchev–Trinajstić information content (AvgIpc) is 3.03. The molecule has 2 fully saturated rings. The Morgan fingerprint density at radius 2 is 2.06 bits per heavy atom. The van der Waals surface area contributed by atoms with Gasteiger partial charge in [-0.2, -0.15) is 0 Å². The molecule has 4 nitrogen and oxygen atoms in total. The van der Waals surface area contributed by atoms with Gasteiger partial charge in [0.1, 0.15) is 5.76 Å². The second kappa shape index (κ2) is 4.75. The van der Waals surface area contributed by atoms with Crippen LogP contribution >= 0.6 is 0 Å². The normalized spacial score (nSPS) is 27.3. The van der Waals surface area contributed by atoms with Gasteiger partial charge in [0.25, 0.3) is 5.91 Å². The van der Waals surface area contributed by atoms with Crippen LogP contribution in [-0.4, -0.2) is 28.9 Å². The van der Waals surface area contributed by atoms with Crippen LogP contribution in [0.3, 0.4) is 0 Å². The lowest BCUT2D eigenvalue weighted by atomic mass is 9.82. The Kier molecular flexibility index (Phi) is 3.10. The molecule has 0 bridgehead atoms. The van der Waals surface area contributed by atoms with E-state index >= 15 is 0 Å². The Hall–Kier alpha value is -1.32. The van der Waals surface area contributed by atoms with Crippen LogP contribution in [0.1, 0.15) is 48.9 Å². The Morgan fingerprint density at radius 3 is 2.67 bits per heavy atom. The molecular weight excluding hydrogens is 228 g/mol. The van der Waals surface area contributed by atoms with Crippen LogP contribution in [0, 0.1) is 11.8 Å². The number of carbonyl (C=O) groups is 1. The fourth-order valence-electron chi connectivity index (χ4n) is 3.42. The van der Waals surface area contributed by atoms with Crippen LogP contribution in [0.15, 0.2) is 10.8 Å². The lowest BCUT2D eigenvalue weighted by molar-refractivity contribution is 0.0776. The summed E-state index contributed by atoms with van der Waals surface area (Å²) in [4.78, 5) is 18.5. The molecule has 1 saturated heterocycles. The van der Waals surface area contributed by atoms with Crippen molar-refractivity contribution in [2.75, 3.05) is 13.1 Å². The van der Waals surface area contributed by atoms with Gasteiger partial charge in [-0.15, -0.1) is 0 Å². The van der Waals surface area contributed by atoms with Crippen LogP contribution in [0.5, 0.6) is 0 Å². The molecule has 1 aromatic rings. The molecule has 2 atom stereocenters. The molecule has 3 rings (SSSR count). The summed E-state index contributed by atoms with van der Waals surface area (Å²) in [6.07, 6.45) is 7.33. The van der Waals surface area contributed by atoms with Crippen molar-refractivity contribution < 1.29 is 9.21 Å². The predicted octanol–water partition coefficient (Wildman–Crippen LogP) is 2.50. The van der Waals surface area contributed by atoms with Crippen molar-refractivity contribution in [1.82, 2.24) is 9.88 Å². The Labute approximate surface area is 107 Å². The first-order chi connectivity index (χ1) is 8.79. The molecule has 0 spiro atoms. The van der Waals surface area contributed by atoms with Gasteiger partial charge < -0.3 is 9.32 Å². The molecule has 1 amide bonds. The van der Waals surface area contributed by atoms with E-state index in [1.165, 1.54) is 32.1 Å². The minimum atomic E-state index is 0.0648. The maximum Gasteiger partial charge on any atom is 0.276 e. The van der Waals surface area contributed by atoms with Crippen LogP contribution in [0.25, 0.3) is 0 Å². The van der Waals surface area contributed by atoms with E-state index < -0.39 is 0 Å². The first-order valence-electron chi connectivity index (χ1n) is 7.01. The second-order valence-corrected chi connectivity index (χ2v) is 5.49. The monoisotopic (exact) mass is 248 g/mol. The molecule has 98 valence electrons. The first kappa shape index (κ1) is 11.8. The largest absolute Gasteiger partial charge is 0.448 e. The SMILES string of the molecule is CCc1ocnc1C(=O)N1C[C@H]2CCCC[C@@H]2C1. The van der Waals surface area contributed by atoms with E-state index in [2.05, 4.69) is 4.98 Å². The summed E-state index contributed by atoms with van der Waals surface area (Å²) >= 11 is 0. The highest BCUT2D eigenvalue weighted by molar-refractivity contribution is 5.93. The summed E-state index contributed by atoms with van der Waals surface area (Å²) in [6, 6.07) is 0. The molecular formula is C14H20N2O2. The fourth-order valence-corrected chi connectivity index (χ4v) is 3.42. The summed E-state index contributed by atoms with van der Waals surface area (Å²) in [6.45, 7) is 3.82. The van der Waals surface area contributed by atoms with Crippen molar-refractivity contribution >= 4 is 5.91 Å². The van der Waals surface area contributed by atoms with Crippen molar-refractivity contribution in [3.05, 3.63) is 17.8 Å². The summed E-state index contributed by atoms with van der Waals surface area (Å²) in [5, 5.41) is 0. The van der Waals surface area contributed by atoms with Gasteiger partial charge in [0.15, 0.2) is 12.1 Å². The smallest absolute Gasteiger partial charge is 0.276 e. The van der Waals surface area contributed by atoms with E-state index in [0.717, 1.165) is 37.1 Å². The van der Waals surface area contributed by atoms with Gasteiger partial charge in [-0.3, -0.25) is 4.79 Å². The molecule has 0 aromatic carbocycles. The van der Waals surface area contributed by atoms with Crippen LogP contribution in [-0.2, 0) is 6.42 Å². The third kappa shape index (κ3) is 1.93. The number of carbonyl (C=O) groups excluding carboxylic acids is 1. The molecule has 1 saturated carbocycles. The van der Waals surface area contributed by atoms with E-state index in [9.17, 15) is 4.79 Å². The van der Waals surface area contributed by atoms with Crippen molar-refractivity contribution in [2.45, 2.75) is 39.0 Å². The lowest BCUT2D eigenvalue weighted by Gasteiger charge is -2.22. The maximum atomic E-state index is 12.4. The summed E-state index contributed by atoms with van der Waals surface area (Å²) in [5.74, 6) is 2.23. The number of hydrogen-bond donors (Lipinski definition) is 0. The Morgan fingerprint density at radius 1 is 1.39 bits per heavy atom. The summed E-state index contributed by atoms with van der Waals surface area (Å²) < 4.78 is 5.25. The average molecular weight is 248 g/mol. The molecule has 0 N–H and O–H groups in total. The molecule has 0 radical (unpaired) electrons. The highest BCUT2D eigenvalue weighted by atomic mass is 16.3. The predicted molar refractivity (Wildman–Crippen MR) is 67.2 cm³/mol. The van der Waals surface area contributed by atoms with Crippen LogP contribution in [0.2, 0.25) is 0 Å². The van der Waals surface area contributed by atoms with Gasteiger partial charge >= 0.3 is 0 Å². The zero-order valence-corrected chi connectivity index (χ0v) is 10.9. The molecule has 2 heterocycles. The van der Waals surface area contributed by atoms with Crippen LogP contribution < -0.4 is 0 Å². The fraction of sp³-hybridized carbons (Fsp3) is 0.714. The Bertz CT molecular complexity index is 427. The van der Waals surface area contributed by atoms with Gasteiger partial charge in [-0.1, -0.05) is 19.8 Å². The number of aryl methyl sites for hydroxylation is 1. The topological polar surface area (TPSA) is 46.3 Å². The van der Waals surface area contributed by atoms with Gasteiger partial charge in [-0.05, 0) is 24.7 Å².